The Kier molecular flexibility index (Phi) is 9.79. The van der Waals surface area contributed by atoms with E-state index >= 15 is 0 Å². The summed E-state index contributed by atoms with van der Waals surface area (Å²) >= 11 is 0. The molecule has 0 bridgehead atoms. The third kappa shape index (κ3) is 7.61. The van der Waals surface area contributed by atoms with Crippen LogP contribution in [0.1, 0.15) is 26.3 Å². The number of carbonyl (C=O) groups excluding carboxylic acids is 1. The van der Waals surface area contributed by atoms with Crippen LogP contribution >= 0.6 is 0 Å². The molecular formula is C13H23BN2O3. The zero-order valence-electron chi connectivity index (χ0n) is 11.8. The van der Waals surface area contributed by atoms with E-state index in [2.05, 4.69) is 10.6 Å². The summed E-state index contributed by atoms with van der Waals surface area (Å²) in [5, 5.41) is 24.1. The molecule has 1 rings (SSSR count). The minimum absolute atomic E-state index is 0.0574. The molecule has 0 aliphatic heterocycles. The van der Waals surface area contributed by atoms with E-state index in [4.69, 9.17) is 10.0 Å². The number of benzene rings is 1. The summed E-state index contributed by atoms with van der Waals surface area (Å²) in [5.74, 6) is -0.0574. The third-order valence-electron chi connectivity index (χ3n) is 2.32. The first-order valence-corrected chi connectivity index (χ1v) is 6.50. The summed E-state index contributed by atoms with van der Waals surface area (Å²) in [6, 6.07) is 7.11. The van der Waals surface area contributed by atoms with E-state index in [0.717, 1.165) is 5.56 Å². The van der Waals surface area contributed by atoms with Crippen LogP contribution in [0, 0.1) is 0 Å². The van der Waals surface area contributed by atoms with Gasteiger partial charge in [0, 0.05) is 26.6 Å². The number of carbonyl (C=O) groups is 1. The first-order valence-electron chi connectivity index (χ1n) is 6.50. The van der Waals surface area contributed by atoms with E-state index in [-0.39, 0.29) is 5.91 Å². The van der Waals surface area contributed by atoms with E-state index in [9.17, 15) is 4.79 Å². The Morgan fingerprint density at radius 1 is 1.21 bits per heavy atom. The molecule has 0 heterocycles. The van der Waals surface area contributed by atoms with Crippen molar-refractivity contribution in [2.75, 3.05) is 13.1 Å². The monoisotopic (exact) mass is 266 g/mol. The summed E-state index contributed by atoms with van der Waals surface area (Å²) in [6.45, 7) is 7.19. The van der Waals surface area contributed by atoms with Crippen molar-refractivity contribution >= 4 is 18.5 Å². The SMILES string of the molecule is CC.CC(=O)NCCNCc1ccccc1B(O)O. The van der Waals surface area contributed by atoms with Crippen LogP contribution in [-0.4, -0.2) is 36.2 Å². The molecule has 0 atom stereocenters. The van der Waals surface area contributed by atoms with Gasteiger partial charge >= 0.3 is 7.12 Å². The largest absolute Gasteiger partial charge is 0.488 e. The quantitative estimate of drug-likeness (QED) is 0.418. The smallest absolute Gasteiger partial charge is 0.423 e. The number of hydrogen-bond acceptors (Lipinski definition) is 4. The molecule has 0 fully saturated rings. The van der Waals surface area contributed by atoms with Gasteiger partial charge < -0.3 is 20.7 Å². The molecule has 0 aliphatic rings. The Hall–Kier alpha value is -1.37. The maximum absolute atomic E-state index is 10.6. The van der Waals surface area contributed by atoms with Crippen molar-refractivity contribution in [1.82, 2.24) is 10.6 Å². The van der Waals surface area contributed by atoms with Crippen LogP contribution < -0.4 is 16.1 Å². The fourth-order valence-electron chi connectivity index (χ4n) is 1.50. The standard InChI is InChI=1S/C11H17BN2O3.C2H6/c1-9(15)14-7-6-13-8-10-4-2-3-5-11(10)12(16)17;1-2/h2-5,13,16-17H,6-8H2,1H3,(H,14,15);1-2H3. The predicted octanol–water partition coefficient (Wildman–Crippen LogP) is -0.382. The summed E-state index contributed by atoms with van der Waals surface area (Å²) in [6.07, 6.45) is 0. The van der Waals surface area contributed by atoms with Gasteiger partial charge in [-0.1, -0.05) is 38.1 Å². The lowest BCUT2D eigenvalue weighted by Gasteiger charge is -2.10. The van der Waals surface area contributed by atoms with Crippen molar-refractivity contribution in [2.45, 2.75) is 27.3 Å². The summed E-state index contributed by atoms with van der Waals surface area (Å²) in [4.78, 5) is 10.6. The van der Waals surface area contributed by atoms with Gasteiger partial charge in [0.05, 0.1) is 0 Å². The van der Waals surface area contributed by atoms with E-state index in [0.29, 0.717) is 25.1 Å². The average Bonchev–Trinajstić information content (AvgIpc) is 2.40. The van der Waals surface area contributed by atoms with Gasteiger partial charge in [0.25, 0.3) is 0 Å². The lowest BCUT2D eigenvalue weighted by Crippen LogP contribution is -2.36. The lowest BCUT2D eigenvalue weighted by atomic mass is 9.77. The Labute approximate surface area is 115 Å². The zero-order chi connectivity index (χ0) is 14.7. The maximum Gasteiger partial charge on any atom is 0.488 e. The molecular weight excluding hydrogens is 243 g/mol. The maximum atomic E-state index is 10.6. The predicted molar refractivity (Wildman–Crippen MR) is 78.0 cm³/mol. The lowest BCUT2D eigenvalue weighted by molar-refractivity contribution is -0.118. The van der Waals surface area contributed by atoms with Crippen LogP contribution in [0.15, 0.2) is 24.3 Å². The molecule has 0 unspecified atom stereocenters. The number of rotatable bonds is 6. The minimum Gasteiger partial charge on any atom is -0.423 e. The number of nitrogens with one attached hydrogen (secondary N) is 2. The Morgan fingerprint density at radius 2 is 1.84 bits per heavy atom. The second-order valence-corrected chi connectivity index (χ2v) is 3.73. The van der Waals surface area contributed by atoms with Gasteiger partial charge in [-0.2, -0.15) is 0 Å². The molecule has 19 heavy (non-hydrogen) atoms. The zero-order valence-corrected chi connectivity index (χ0v) is 11.8. The molecule has 0 aromatic heterocycles. The molecule has 0 saturated carbocycles. The summed E-state index contributed by atoms with van der Waals surface area (Å²) < 4.78 is 0. The second kappa shape index (κ2) is 10.5. The molecule has 6 heteroatoms. The first-order chi connectivity index (χ1) is 9.11. The third-order valence-corrected chi connectivity index (χ3v) is 2.32. The van der Waals surface area contributed by atoms with E-state index in [1.54, 1.807) is 12.1 Å². The van der Waals surface area contributed by atoms with Gasteiger partial charge in [0.15, 0.2) is 0 Å². The van der Waals surface area contributed by atoms with E-state index < -0.39 is 7.12 Å². The second-order valence-electron chi connectivity index (χ2n) is 3.73. The van der Waals surface area contributed by atoms with Crippen molar-refractivity contribution in [3.63, 3.8) is 0 Å². The van der Waals surface area contributed by atoms with Gasteiger partial charge in [-0.25, -0.2) is 0 Å². The first kappa shape index (κ1) is 17.6. The van der Waals surface area contributed by atoms with Gasteiger partial charge in [0.1, 0.15) is 0 Å². The summed E-state index contributed by atoms with van der Waals surface area (Å²) in [5.41, 5.74) is 1.34. The highest BCUT2D eigenvalue weighted by molar-refractivity contribution is 6.59. The van der Waals surface area contributed by atoms with Gasteiger partial charge in [-0.3, -0.25) is 4.79 Å². The molecule has 0 saturated heterocycles. The minimum atomic E-state index is -1.46. The molecule has 106 valence electrons. The van der Waals surface area contributed by atoms with Crippen LogP contribution in [0.5, 0.6) is 0 Å². The summed E-state index contributed by atoms with van der Waals surface area (Å²) in [7, 11) is -1.46. The van der Waals surface area contributed by atoms with E-state index in [1.807, 2.05) is 26.0 Å². The van der Waals surface area contributed by atoms with Crippen LogP contribution in [-0.2, 0) is 11.3 Å². The van der Waals surface area contributed by atoms with Crippen molar-refractivity contribution in [2.24, 2.45) is 0 Å². The van der Waals surface area contributed by atoms with Crippen LogP contribution in [0.25, 0.3) is 0 Å². The topological polar surface area (TPSA) is 81.6 Å². The van der Waals surface area contributed by atoms with Gasteiger partial charge in [-0.15, -0.1) is 0 Å². The molecule has 1 aromatic rings. The molecule has 1 aromatic carbocycles. The van der Waals surface area contributed by atoms with Crippen molar-refractivity contribution in [3.05, 3.63) is 29.8 Å². The Balaban J connectivity index is 0.00000154. The van der Waals surface area contributed by atoms with Crippen molar-refractivity contribution < 1.29 is 14.8 Å². The molecule has 0 spiro atoms. The molecule has 0 radical (unpaired) electrons. The highest BCUT2D eigenvalue weighted by Gasteiger charge is 2.14. The molecule has 0 aliphatic carbocycles. The molecule has 5 nitrogen and oxygen atoms in total. The Bertz CT molecular complexity index is 373. The fourth-order valence-corrected chi connectivity index (χ4v) is 1.50. The number of amides is 1. The Morgan fingerprint density at radius 3 is 2.42 bits per heavy atom. The fraction of sp³-hybridized carbons (Fsp3) is 0.462. The van der Waals surface area contributed by atoms with Crippen LogP contribution in [0.4, 0.5) is 0 Å². The highest BCUT2D eigenvalue weighted by atomic mass is 16.4. The van der Waals surface area contributed by atoms with Crippen LogP contribution in [0.2, 0.25) is 0 Å². The molecule has 1 amide bonds. The average molecular weight is 266 g/mol. The van der Waals surface area contributed by atoms with Crippen molar-refractivity contribution in [3.8, 4) is 0 Å². The van der Waals surface area contributed by atoms with Gasteiger partial charge in [-0.05, 0) is 11.0 Å². The highest BCUT2D eigenvalue weighted by Crippen LogP contribution is 1.96. The van der Waals surface area contributed by atoms with Crippen LogP contribution in [0.3, 0.4) is 0 Å². The van der Waals surface area contributed by atoms with Crippen molar-refractivity contribution in [1.29, 1.82) is 0 Å². The number of hydrogen-bond donors (Lipinski definition) is 4. The van der Waals surface area contributed by atoms with Gasteiger partial charge in [0.2, 0.25) is 5.91 Å². The van der Waals surface area contributed by atoms with E-state index in [1.165, 1.54) is 6.92 Å². The normalized spacial score (nSPS) is 9.32. The molecule has 4 N–H and O–H groups in total.